The molecular weight excluding hydrogens is 292 g/mol. The Balaban J connectivity index is 1.75. The van der Waals surface area contributed by atoms with Gasteiger partial charge in [0.05, 0.1) is 6.04 Å². The number of rotatable bonds is 3. The number of benzene rings is 1. The highest BCUT2D eigenvalue weighted by Gasteiger charge is 2.39. The fourth-order valence-corrected chi connectivity index (χ4v) is 3.52. The smallest absolute Gasteiger partial charge is 0.252 e. The highest BCUT2D eigenvalue weighted by Crippen LogP contribution is 2.29. The van der Waals surface area contributed by atoms with Gasteiger partial charge in [0.15, 0.2) is 6.10 Å². The fraction of sp³-hybridized carbons (Fsp3) is 0.556. The third kappa shape index (κ3) is 3.72. The lowest BCUT2D eigenvalue weighted by molar-refractivity contribution is -0.149. The maximum atomic E-state index is 12.8. The standard InChI is InChI=1S/C18H24N2O3/c1-18(10-6-3-7-11-18)20-17(22)16-15(19-14(21)12-23-16)13-8-4-2-5-9-13/h2,4-5,8-9,15-16H,3,6-7,10-12H2,1H3,(H,19,21)(H,20,22)/t15-,16+/m1/s1. The number of hydrogen-bond acceptors (Lipinski definition) is 3. The maximum absolute atomic E-state index is 12.8. The van der Waals surface area contributed by atoms with E-state index in [0.717, 1.165) is 31.2 Å². The number of nitrogens with one attached hydrogen (secondary N) is 2. The summed E-state index contributed by atoms with van der Waals surface area (Å²) >= 11 is 0. The first-order valence-electron chi connectivity index (χ1n) is 8.35. The molecule has 0 aromatic heterocycles. The summed E-state index contributed by atoms with van der Waals surface area (Å²) in [5.74, 6) is -0.324. The highest BCUT2D eigenvalue weighted by molar-refractivity contribution is 5.86. The van der Waals surface area contributed by atoms with Crippen molar-refractivity contribution in [1.29, 1.82) is 0 Å². The van der Waals surface area contributed by atoms with Crippen LogP contribution in [0.1, 0.15) is 50.6 Å². The number of carbonyl (C=O) groups excluding carboxylic acids is 2. The molecule has 1 saturated carbocycles. The van der Waals surface area contributed by atoms with Crippen molar-refractivity contribution in [3.8, 4) is 0 Å². The Kier molecular flexibility index (Phi) is 4.66. The van der Waals surface area contributed by atoms with Gasteiger partial charge in [-0.15, -0.1) is 0 Å². The topological polar surface area (TPSA) is 67.4 Å². The largest absolute Gasteiger partial charge is 0.356 e. The maximum Gasteiger partial charge on any atom is 0.252 e. The number of carbonyl (C=O) groups is 2. The Bertz CT molecular complexity index is 567. The van der Waals surface area contributed by atoms with Gasteiger partial charge in [-0.3, -0.25) is 9.59 Å². The fourth-order valence-electron chi connectivity index (χ4n) is 3.52. The third-order valence-corrected chi connectivity index (χ3v) is 4.81. The van der Waals surface area contributed by atoms with Crippen LogP contribution in [-0.4, -0.2) is 30.1 Å². The zero-order chi connectivity index (χ0) is 16.3. The van der Waals surface area contributed by atoms with Gasteiger partial charge in [0.25, 0.3) is 5.91 Å². The number of ether oxygens (including phenoxy) is 1. The van der Waals surface area contributed by atoms with Gasteiger partial charge in [0.1, 0.15) is 6.61 Å². The molecule has 2 fully saturated rings. The minimum Gasteiger partial charge on any atom is -0.356 e. The van der Waals surface area contributed by atoms with Gasteiger partial charge < -0.3 is 15.4 Å². The molecule has 1 aromatic rings. The van der Waals surface area contributed by atoms with Crippen LogP contribution in [-0.2, 0) is 14.3 Å². The molecular formula is C18H24N2O3. The van der Waals surface area contributed by atoms with Gasteiger partial charge in [0.2, 0.25) is 5.91 Å². The lowest BCUT2D eigenvalue weighted by Crippen LogP contribution is -2.57. The first kappa shape index (κ1) is 16.0. The summed E-state index contributed by atoms with van der Waals surface area (Å²) in [6, 6.07) is 9.07. The Labute approximate surface area is 136 Å². The van der Waals surface area contributed by atoms with Crippen LogP contribution < -0.4 is 10.6 Å². The van der Waals surface area contributed by atoms with E-state index in [9.17, 15) is 9.59 Å². The molecule has 23 heavy (non-hydrogen) atoms. The zero-order valence-corrected chi connectivity index (χ0v) is 13.5. The van der Waals surface area contributed by atoms with E-state index >= 15 is 0 Å². The SMILES string of the molecule is CC1(NC(=O)[C@H]2OCC(=O)N[C@@H]2c2ccccc2)CCCCC1. The lowest BCUT2D eigenvalue weighted by Gasteiger charge is -2.38. The van der Waals surface area contributed by atoms with Crippen LogP contribution in [0.2, 0.25) is 0 Å². The highest BCUT2D eigenvalue weighted by atomic mass is 16.5. The van der Waals surface area contributed by atoms with E-state index < -0.39 is 12.1 Å². The van der Waals surface area contributed by atoms with E-state index in [4.69, 9.17) is 4.74 Å². The summed E-state index contributed by atoms with van der Waals surface area (Å²) in [6.07, 6.45) is 4.81. The molecule has 124 valence electrons. The van der Waals surface area contributed by atoms with E-state index in [1.165, 1.54) is 6.42 Å². The molecule has 1 aromatic carbocycles. The molecule has 2 amide bonds. The predicted molar refractivity (Wildman–Crippen MR) is 86.7 cm³/mol. The quantitative estimate of drug-likeness (QED) is 0.897. The van der Waals surface area contributed by atoms with Crippen molar-refractivity contribution in [3.63, 3.8) is 0 Å². The van der Waals surface area contributed by atoms with Crippen molar-refractivity contribution in [2.24, 2.45) is 0 Å². The third-order valence-electron chi connectivity index (χ3n) is 4.81. The second-order valence-corrected chi connectivity index (χ2v) is 6.80. The molecule has 3 rings (SSSR count). The normalized spacial score (nSPS) is 27.1. The first-order chi connectivity index (χ1) is 11.1. The van der Waals surface area contributed by atoms with E-state index in [0.29, 0.717) is 0 Å². The van der Waals surface area contributed by atoms with E-state index in [1.807, 2.05) is 30.3 Å². The summed E-state index contributed by atoms with van der Waals surface area (Å²) in [6.45, 7) is 2.03. The molecule has 2 aliphatic rings. The molecule has 1 aliphatic carbocycles. The molecule has 0 spiro atoms. The Hall–Kier alpha value is -1.88. The molecule has 2 atom stereocenters. The minimum atomic E-state index is -0.686. The van der Waals surface area contributed by atoms with Crippen LogP contribution in [0.15, 0.2) is 30.3 Å². The second kappa shape index (κ2) is 6.71. The van der Waals surface area contributed by atoms with Crippen molar-refractivity contribution in [2.75, 3.05) is 6.61 Å². The molecule has 0 bridgehead atoms. The zero-order valence-electron chi connectivity index (χ0n) is 13.5. The van der Waals surface area contributed by atoms with Crippen molar-refractivity contribution in [1.82, 2.24) is 10.6 Å². The van der Waals surface area contributed by atoms with Gasteiger partial charge in [-0.1, -0.05) is 49.6 Å². The lowest BCUT2D eigenvalue weighted by atomic mass is 9.83. The predicted octanol–water partition coefficient (Wildman–Crippen LogP) is 2.08. The summed E-state index contributed by atoms with van der Waals surface area (Å²) < 4.78 is 5.58. The van der Waals surface area contributed by atoms with E-state index in [-0.39, 0.29) is 24.0 Å². The number of hydrogen-bond donors (Lipinski definition) is 2. The molecule has 0 unspecified atom stereocenters. The Morgan fingerprint density at radius 1 is 1.22 bits per heavy atom. The van der Waals surface area contributed by atoms with Gasteiger partial charge in [-0.05, 0) is 25.3 Å². The Morgan fingerprint density at radius 2 is 1.91 bits per heavy atom. The molecule has 1 aliphatic heterocycles. The van der Waals surface area contributed by atoms with Crippen LogP contribution in [0.3, 0.4) is 0 Å². The van der Waals surface area contributed by atoms with Gasteiger partial charge in [0, 0.05) is 5.54 Å². The van der Waals surface area contributed by atoms with Gasteiger partial charge >= 0.3 is 0 Å². The summed E-state index contributed by atoms with van der Waals surface area (Å²) in [4.78, 5) is 24.5. The van der Waals surface area contributed by atoms with Crippen molar-refractivity contribution < 1.29 is 14.3 Å². The molecule has 5 nitrogen and oxygen atoms in total. The minimum absolute atomic E-state index is 0.0713. The molecule has 1 heterocycles. The summed E-state index contributed by atoms with van der Waals surface area (Å²) in [5.41, 5.74) is 0.719. The summed E-state index contributed by atoms with van der Waals surface area (Å²) in [5, 5.41) is 6.05. The van der Waals surface area contributed by atoms with Crippen LogP contribution in [0.5, 0.6) is 0 Å². The second-order valence-electron chi connectivity index (χ2n) is 6.80. The van der Waals surface area contributed by atoms with E-state index in [1.54, 1.807) is 0 Å². The molecule has 0 radical (unpaired) electrons. The van der Waals surface area contributed by atoms with Crippen molar-refractivity contribution in [3.05, 3.63) is 35.9 Å². The first-order valence-corrected chi connectivity index (χ1v) is 8.35. The monoisotopic (exact) mass is 316 g/mol. The van der Waals surface area contributed by atoms with Gasteiger partial charge in [-0.2, -0.15) is 0 Å². The number of amides is 2. The van der Waals surface area contributed by atoms with Crippen molar-refractivity contribution in [2.45, 2.75) is 56.7 Å². The van der Waals surface area contributed by atoms with Crippen LogP contribution in [0.4, 0.5) is 0 Å². The van der Waals surface area contributed by atoms with E-state index in [2.05, 4.69) is 17.6 Å². The van der Waals surface area contributed by atoms with Crippen LogP contribution in [0.25, 0.3) is 0 Å². The molecule has 1 saturated heterocycles. The average molecular weight is 316 g/mol. The summed E-state index contributed by atoms with van der Waals surface area (Å²) in [7, 11) is 0. The Morgan fingerprint density at radius 3 is 2.61 bits per heavy atom. The van der Waals surface area contributed by atoms with Crippen LogP contribution >= 0.6 is 0 Å². The molecule has 2 N–H and O–H groups in total. The van der Waals surface area contributed by atoms with Crippen molar-refractivity contribution >= 4 is 11.8 Å². The average Bonchev–Trinajstić information content (AvgIpc) is 2.55. The molecule has 5 heteroatoms. The van der Waals surface area contributed by atoms with Gasteiger partial charge in [-0.25, -0.2) is 0 Å². The van der Waals surface area contributed by atoms with Crippen LogP contribution in [0, 0.1) is 0 Å². The number of morpholine rings is 1.